The number of aliphatic carboxylic acids is 1. The zero-order valence-electron chi connectivity index (χ0n) is 12.6. The summed E-state index contributed by atoms with van der Waals surface area (Å²) in [7, 11) is 0. The van der Waals surface area contributed by atoms with E-state index in [1.165, 1.54) is 0 Å². The van der Waals surface area contributed by atoms with E-state index in [0.29, 0.717) is 19.5 Å². The summed E-state index contributed by atoms with van der Waals surface area (Å²) < 4.78 is 0. The van der Waals surface area contributed by atoms with Crippen molar-refractivity contribution in [3.05, 3.63) is 0 Å². The van der Waals surface area contributed by atoms with Crippen LogP contribution in [0.4, 0.5) is 4.79 Å². The molecule has 0 aromatic heterocycles. The molecule has 3 atom stereocenters. The molecule has 2 aliphatic rings. The molecule has 0 spiro atoms. The Labute approximate surface area is 125 Å². The number of carboxylic acid groups (broad SMARTS) is 1. The van der Waals surface area contributed by atoms with Crippen LogP contribution in [0.3, 0.4) is 0 Å². The van der Waals surface area contributed by atoms with E-state index in [1.54, 1.807) is 11.8 Å². The van der Waals surface area contributed by atoms with Gasteiger partial charge in [0.2, 0.25) is 0 Å². The molecule has 0 aromatic rings. The molecule has 6 nitrogen and oxygen atoms in total. The smallest absolute Gasteiger partial charge is 0.317 e. The Morgan fingerprint density at radius 1 is 1.14 bits per heavy atom. The molecule has 1 saturated carbocycles. The van der Waals surface area contributed by atoms with E-state index in [2.05, 4.69) is 5.32 Å². The Balaban J connectivity index is 1.85. The van der Waals surface area contributed by atoms with Crippen LogP contribution in [0.25, 0.3) is 0 Å². The van der Waals surface area contributed by atoms with Crippen LogP contribution in [-0.4, -0.2) is 52.3 Å². The number of aliphatic hydroxyl groups is 1. The monoisotopic (exact) mass is 298 g/mol. The Bertz CT molecular complexity index is 378. The second-order valence-electron chi connectivity index (χ2n) is 6.35. The van der Waals surface area contributed by atoms with Crippen molar-refractivity contribution in [2.24, 2.45) is 11.8 Å². The number of nitrogens with one attached hydrogen (secondary N) is 1. The number of carboxylic acids is 1. The summed E-state index contributed by atoms with van der Waals surface area (Å²) in [5, 5.41) is 21.7. The predicted octanol–water partition coefficient (Wildman–Crippen LogP) is 1.43. The topological polar surface area (TPSA) is 89.9 Å². The highest BCUT2D eigenvalue weighted by Crippen LogP contribution is 2.25. The normalized spacial score (nSPS) is 29.0. The minimum atomic E-state index is -0.812. The molecule has 3 N–H and O–H groups in total. The van der Waals surface area contributed by atoms with Gasteiger partial charge < -0.3 is 20.4 Å². The highest BCUT2D eigenvalue weighted by Gasteiger charge is 2.33. The van der Waals surface area contributed by atoms with E-state index in [9.17, 15) is 19.8 Å². The van der Waals surface area contributed by atoms with Gasteiger partial charge in [0.25, 0.3) is 0 Å². The lowest BCUT2D eigenvalue weighted by atomic mass is 9.84. The van der Waals surface area contributed by atoms with Crippen LogP contribution in [0.2, 0.25) is 0 Å². The number of carbonyl (C=O) groups is 2. The third-order valence-electron chi connectivity index (χ3n) is 4.90. The highest BCUT2D eigenvalue weighted by atomic mass is 16.4. The van der Waals surface area contributed by atoms with E-state index in [0.717, 1.165) is 32.1 Å². The fourth-order valence-corrected chi connectivity index (χ4v) is 3.43. The van der Waals surface area contributed by atoms with E-state index in [-0.39, 0.29) is 24.1 Å². The average Bonchev–Trinajstić information content (AvgIpc) is 2.47. The number of rotatable bonds is 3. The van der Waals surface area contributed by atoms with Crippen molar-refractivity contribution in [1.82, 2.24) is 10.2 Å². The largest absolute Gasteiger partial charge is 0.481 e. The SMILES string of the molecule is CC(O)C1CCN(C(=O)NC2CCCCC2C(=O)O)CC1. The fraction of sp³-hybridized carbons (Fsp3) is 0.867. The fourth-order valence-electron chi connectivity index (χ4n) is 3.43. The number of urea groups is 1. The molecule has 2 fully saturated rings. The van der Waals surface area contributed by atoms with Crippen LogP contribution in [0, 0.1) is 11.8 Å². The quantitative estimate of drug-likeness (QED) is 0.735. The minimum absolute atomic E-state index is 0.155. The molecular formula is C15H26N2O4. The van der Waals surface area contributed by atoms with E-state index in [1.807, 2.05) is 0 Å². The number of aliphatic hydroxyl groups excluding tert-OH is 1. The summed E-state index contributed by atoms with van der Waals surface area (Å²) in [6.07, 6.45) is 4.56. The van der Waals surface area contributed by atoms with Crippen molar-refractivity contribution < 1.29 is 19.8 Å². The molecule has 1 heterocycles. The molecule has 1 aliphatic heterocycles. The first-order valence-corrected chi connectivity index (χ1v) is 7.95. The molecule has 6 heteroatoms. The van der Waals surface area contributed by atoms with E-state index in [4.69, 9.17) is 0 Å². The maximum atomic E-state index is 12.3. The Hall–Kier alpha value is -1.30. The lowest BCUT2D eigenvalue weighted by molar-refractivity contribution is -0.143. The first-order chi connectivity index (χ1) is 9.99. The number of nitrogens with zero attached hydrogens (tertiary/aromatic N) is 1. The molecule has 3 unspecified atom stereocenters. The van der Waals surface area contributed by atoms with Gasteiger partial charge in [0.15, 0.2) is 0 Å². The number of hydrogen-bond donors (Lipinski definition) is 3. The van der Waals surface area contributed by atoms with Crippen molar-refractivity contribution in [2.45, 2.75) is 57.6 Å². The van der Waals surface area contributed by atoms with Gasteiger partial charge in [0, 0.05) is 19.1 Å². The van der Waals surface area contributed by atoms with Gasteiger partial charge in [-0.25, -0.2) is 4.79 Å². The maximum absolute atomic E-state index is 12.3. The Morgan fingerprint density at radius 2 is 1.76 bits per heavy atom. The highest BCUT2D eigenvalue weighted by molar-refractivity contribution is 5.77. The van der Waals surface area contributed by atoms with Crippen LogP contribution >= 0.6 is 0 Å². The van der Waals surface area contributed by atoms with Crippen molar-refractivity contribution in [3.63, 3.8) is 0 Å². The van der Waals surface area contributed by atoms with Gasteiger partial charge in [-0.1, -0.05) is 12.8 Å². The molecule has 0 aromatic carbocycles. The second kappa shape index (κ2) is 7.11. The summed E-state index contributed by atoms with van der Waals surface area (Å²) in [5.74, 6) is -1.01. The van der Waals surface area contributed by atoms with Crippen molar-refractivity contribution in [1.29, 1.82) is 0 Å². The molecule has 2 amide bonds. The number of piperidine rings is 1. The van der Waals surface area contributed by atoms with Crippen molar-refractivity contribution in [3.8, 4) is 0 Å². The van der Waals surface area contributed by atoms with Gasteiger partial charge in [-0.15, -0.1) is 0 Å². The van der Waals surface area contributed by atoms with Crippen LogP contribution < -0.4 is 5.32 Å². The van der Waals surface area contributed by atoms with Gasteiger partial charge in [-0.3, -0.25) is 4.79 Å². The van der Waals surface area contributed by atoms with Crippen molar-refractivity contribution >= 4 is 12.0 Å². The summed E-state index contributed by atoms with van der Waals surface area (Å²) in [5.41, 5.74) is 0. The molecular weight excluding hydrogens is 272 g/mol. The summed E-state index contributed by atoms with van der Waals surface area (Å²) in [4.78, 5) is 25.3. The molecule has 1 saturated heterocycles. The van der Waals surface area contributed by atoms with Crippen LogP contribution in [0.5, 0.6) is 0 Å². The number of amides is 2. The molecule has 120 valence electrons. The zero-order valence-corrected chi connectivity index (χ0v) is 12.6. The second-order valence-corrected chi connectivity index (χ2v) is 6.35. The van der Waals surface area contributed by atoms with Crippen LogP contribution in [0.15, 0.2) is 0 Å². The molecule has 0 radical (unpaired) electrons. The summed E-state index contributed by atoms with van der Waals surface area (Å²) in [6.45, 7) is 3.05. The molecule has 2 rings (SSSR count). The standard InChI is InChI=1S/C15H26N2O4/c1-10(18)11-6-8-17(9-7-11)15(21)16-13-5-3-2-4-12(13)14(19)20/h10-13,18H,2-9H2,1H3,(H,16,21)(H,19,20). The third kappa shape index (κ3) is 4.09. The Kier molecular flexibility index (Phi) is 5.45. The summed E-state index contributed by atoms with van der Waals surface area (Å²) in [6, 6.07) is -0.407. The first-order valence-electron chi connectivity index (χ1n) is 7.95. The van der Waals surface area contributed by atoms with E-state index < -0.39 is 11.9 Å². The van der Waals surface area contributed by atoms with Gasteiger partial charge >= 0.3 is 12.0 Å². The predicted molar refractivity (Wildman–Crippen MR) is 77.9 cm³/mol. The summed E-state index contributed by atoms with van der Waals surface area (Å²) >= 11 is 0. The van der Waals surface area contributed by atoms with Crippen molar-refractivity contribution in [2.75, 3.05) is 13.1 Å². The zero-order chi connectivity index (χ0) is 15.4. The number of carbonyl (C=O) groups excluding carboxylic acids is 1. The Morgan fingerprint density at radius 3 is 2.33 bits per heavy atom. The van der Waals surface area contributed by atoms with Gasteiger partial charge in [-0.05, 0) is 38.5 Å². The van der Waals surface area contributed by atoms with Crippen LogP contribution in [0.1, 0.15) is 45.4 Å². The van der Waals surface area contributed by atoms with Gasteiger partial charge in [-0.2, -0.15) is 0 Å². The maximum Gasteiger partial charge on any atom is 0.317 e. The molecule has 1 aliphatic carbocycles. The number of hydrogen-bond acceptors (Lipinski definition) is 3. The first kappa shape index (κ1) is 16.1. The lowest BCUT2D eigenvalue weighted by Gasteiger charge is -2.36. The minimum Gasteiger partial charge on any atom is -0.481 e. The molecule has 0 bridgehead atoms. The average molecular weight is 298 g/mol. The lowest BCUT2D eigenvalue weighted by Crippen LogP contribution is -2.52. The van der Waals surface area contributed by atoms with E-state index >= 15 is 0 Å². The third-order valence-corrected chi connectivity index (χ3v) is 4.90. The van der Waals surface area contributed by atoms with Crippen LogP contribution in [-0.2, 0) is 4.79 Å². The van der Waals surface area contributed by atoms with Gasteiger partial charge in [0.1, 0.15) is 0 Å². The molecule has 21 heavy (non-hydrogen) atoms. The number of likely N-dealkylation sites (tertiary alicyclic amines) is 1. The van der Waals surface area contributed by atoms with Gasteiger partial charge in [0.05, 0.1) is 12.0 Å².